The summed E-state index contributed by atoms with van der Waals surface area (Å²) in [5.74, 6) is -1.01. The van der Waals surface area contributed by atoms with Crippen LogP contribution in [-0.4, -0.2) is 70.2 Å². The van der Waals surface area contributed by atoms with Crippen LogP contribution in [0.4, 0.5) is 4.39 Å². The lowest BCUT2D eigenvalue weighted by Gasteiger charge is -2.33. The molecule has 4 rings (SSSR count). The zero-order chi connectivity index (χ0) is 26.5. The number of sulfonamides is 2. The molecule has 2 aliphatic rings. The minimum atomic E-state index is -4.00. The average molecular weight is 554 g/mol. The third kappa shape index (κ3) is 6.74. The smallest absolute Gasteiger partial charge is 0.243 e. The third-order valence-corrected chi connectivity index (χ3v) is 10.5. The van der Waals surface area contributed by atoms with E-state index in [0.29, 0.717) is 44.7 Å². The number of amides is 1. The predicted octanol–water partition coefficient (Wildman–Crippen LogP) is 2.49. The molecule has 2 aromatic rings. The van der Waals surface area contributed by atoms with Crippen molar-refractivity contribution in [1.82, 2.24) is 13.9 Å². The average Bonchev–Trinajstić information content (AvgIpc) is 2.92. The van der Waals surface area contributed by atoms with Crippen molar-refractivity contribution in [3.8, 4) is 0 Å². The van der Waals surface area contributed by atoms with Crippen LogP contribution in [0.15, 0.2) is 58.3 Å². The van der Waals surface area contributed by atoms with Gasteiger partial charge >= 0.3 is 0 Å². The fraction of sp³-hybridized carbons (Fsp3) is 0.480. The summed E-state index contributed by atoms with van der Waals surface area (Å²) >= 11 is 0. The maximum Gasteiger partial charge on any atom is 0.243 e. The van der Waals surface area contributed by atoms with Crippen molar-refractivity contribution in [2.45, 2.75) is 54.5 Å². The minimum Gasteiger partial charge on any atom is -0.379 e. The normalized spacial score (nSPS) is 18.1. The molecule has 202 valence electrons. The van der Waals surface area contributed by atoms with Crippen LogP contribution < -0.4 is 5.32 Å². The first kappa shape index (κ1) is 27.6. The lowest BCUT2D eigenvalue weighted by molar-refractivity contribution is -0.121. The number of hydrogen-bond acceptors (Lipinski definition) is 6. The molecular formula is C25H32FN3O6S2. The minimum absolute atomic E-state index is 0.0515. The van der Waals surface area contributed by atoms with Crippen LogP contribution in [0.1, 0.15) is 37.7 Å². The molecule has 1 amide bonds. The van der Waals surface area contributed by atoms with Gasteiger partial charge in [0.25, 0.3) is 0 Å². The van der Waals surface area contributed by atoms with Crippen molar-refractivity contribution in [3.63, 3.8) is 0 Å². The van der Waals surface area contributed by atoms with Gasteiger partial charge in [-0.15, -0.1) is 0 Å². The Balaban J connectivity index is 1.42. The van der Waals surface area contributed by atoms with Gasteiger partial charge in [0.15, 0.2) is 0 Å². The van der Waals surface area contributed by atoms with Gasteiger partial charge in [0.05, 0.1) is 29.5 Å². The van der Waals surface area contributed by atoms with E-state index in [1.165, 1.54) is 32.9 Å². The number of halogens is 1. The molecule has 1 aliphatic heterocycles. The zero-order valence-electron chi connectivity index (χ0n) is 20.5. The summed E-state index contributed by atoms with van der Waals surface area (Å²) in [5, 5.41) is 2.74. The van der Waals surface area contributed by atoms with Crippen molar-refractivity contribution in [1.29, 1.82) is 0 Å². The number of morpholine rings is 1. The van der Waals surface area contributed by atoms with Gasteiger partial charge in [-0.25, -0.2) is 21.2 Å². The summed E-state index contributed by atoms with van der Waals surface area (Å²) in [6, 6.07) is 10.6. The third-order valence-electron chi connectivity index (χ3n) is 6.72. The molecule has 0 bridgehead atoms. The maximum absolute atomic E-state index is 13.4. The first-order valence-electron chi connectivity index (χ1n) is 12.4. The molecule has 1 saturated heterocycles. The Kier molecular flexibility index (Phi) is 8.96. The van der Waals surface area contributed by atoms with Gasteiger partial charge in [-0.05, 0) is 54.8 Å². The number of nitrogens with zero attached hydrogens (tertiary/aromatic N) is 2. The highest BCUT2D eigenvalue weighted by Crippen LogP contribution is 2.28. The molecule has 0 unspecified atom stereocenters. The van der Waals surface area contributed by atoms with Gasteiger partial charge in [0.1, 0.15) is 5.82 Å². The lowest BCUT2D eigenvalue weighted by atomic mass is 9.95. The van der Waals surface area contributed by atoms with E-state index in [-0.39, 0.29) is 28.9 Å². The molecule has 2 aromatic carbocycles. The molecule has 2 fully saturated rings. The standard InChI is InChI=1S/C25H32FN3O6S2/c26-21-8-12-24(13-9-21)37(33,34)29(22-4-2-1-3-5-22)19-25(30)27-18-20-6-10-23(11-7-20)36(31,32)28-14-16-35-17-15-28/h6-13,22H,1-5,14-19H2,(H,27,30). The van der Waals surface area contributed by atoms with Crippen molar-refractivity contribution < 1.29 is 30.8 Å². The number of hydrogen-bond donors (Lipinski definition) is 1. The van der Waals surface area contributed by atoms with Gasteiger partial charge in [-0.1, -0.05) is 31.4 Å². The Bertz CT molecular complexity index is 1270. The van der Waals surface area contributed by atoms with E-state index >= 15 is 0 Å². The summed E-state index contributed by atoms with van der Waals surface area (Å²) in [7, 11) is -7.62. The second-order valence-electron chi connectivity index (χ2n) is 9.23. The number of nitrogens with one attached hydrogen (secondary N) is 1. The monoisotopic (exact) mass is 553 g/mol. The SMILES string of the molecule is O=C(CN(C1CCCCC1)S(=O)(=O)c1ccc(F)cc1)NCc1ccc(S(=O)(=O)N2CCOCC2)cc1. The summed E-state index contributed by atoms with van der Waals surface area (Å²) in [4.78, 5) is 13.0. The van der Waals surface area contributed by atoms with Crippen molar-refractivity contribution in [3.05, 3.63) is 59.9 Å². The molecule has 1 heterocycles. The number of benzene rings is 2. The molecule has 0 radical (unpaired) electrons. The molecule has 0 atom stereocenters. The molecule has 0 spiro atoms. The second-order valence-corrected chi connectivity index (χ2v) is 13.1. The Morgan fingerprint density at radius 1 is 0.919 bits per heavy atom. The van der Waals surface area contributed by atoms with Crippen LogP contribution in [0.25, 0.3) is 0 Å². The highest BCUT2D eigenvalue weighted by molar-refractivity contribution is 7.89. The van der Waals surface area contributed by atoms with E-state index < -0.39 is 31.8 Å². The largest absolute Gasteiger partial charge is 0.379 e. The highest BCUT2D eigenvalue weighted by Gasteiger charge is 2.34. The van der Waals surface area contributed by atoms with E-state index in [0.717, 1.165) is 31.4 Å². The number of rotatable bonds is 9. The van der Waals surface area contributed by atoms with Gasteiger partial charge in [-0.3, -0.25) is 4.79 Å². The Hall–Kier alpha value is -2.38. The summed E-state index contributed by atoms with van der Waals surface area (Å²) in [6.45, 7) is 1.09. The van der Waals surface area contributed by atoms with E-state index in [1.807, 2.05) is 0 Å². The second kappa shape index (κ2) is 12.0. The Labute approximate surface area is 217 Å². The first-order chi connectivity index (χ1) is 17.7. The number of carbonyl (C=O) groups is 1. The molecule has 12 heteroatoms. The van der Waals surface area contributed by atoms with E-state index in [1.54, 1.807) is 12.1 Å². The highest BCUT2D eigenvalue weighted by atomic mass is 32.2. The van der Waals surface area contributed by atoms with Crippen LogP contribution in [0.2, 0.25) is 0 Å². The van der Waals surface area contributed by atoms with E-state index in [2.05, 4.69) is 5.32 Å². The predicted molar refractivity (Wildman–Crippen MR) is 135 cm³/mol. The van der Waals surface area contributed by atoms with Gasteiger partial charge in [0.2, 0.25) is 26.0 Å². The number of carbonyl (C=O) groups excluding carboxylic acids is 1. The lowest BCUT2D eigenvalue weighted by Crippen LogP contribution is -2.46. The van der Waals surface area contributed by atoms with E-state index in [9.17, 15) is 26.0 Å². The van der Waals surface area contributed by atoms with Gasteiger partial charge in [-0.2, -0.15) is 8.61 Å². The maximum atomic E-state index is 13.4. The fourth-order valence-corrected chi connectivity index (χ4v) is 7.68. The topological polar surface area (TPSA) is 113 Å². The van der Waals surface area contributed by atoms with Crippen LogP contribution in [0, 0.1) is 5.82 Å². The molecule has 9 nitrogen and oxygen atoms in total. The fourth-order valence-electron chi connectivity index (χ4n) is 4.63. The van der Waals surface area contributed by atoms with Crippen molar-refractivity contribution in [2.75, 3.05) is 32.8 Å². The molecule has 0 aromatic heterocycles. The molecule has 1 aliphatic carbocycles. The van der Waals surface area contributed by atoms with E-state index in [4.69, 9.17) is 4.74 Å². The summed E-state index contributed by atoms with van der Waals surface area (Å²) < 4.78 is 73.5. The molecule has 1 N–H and O–H groups in total. The number of ether oxygens (including phenoxy) is 1. The Morgan fingerprint density at radius 2 is 1.51 bits per heavy atom. The van der Waals surface area contributed by atoms with Crippen molar-refractivity contribution >= 4 is 26.0 Å². The van der Waals surface area contributed by atoms with Crippen LogP contribution >= 0.6 is 0 Å². The van der Waals surface area contributed by atoms with Gasteiger partial charge < -0.3 is 10.1 Å². The first-order valence-corrected chi connectivity index (χ1v) is 15.3. The van der Waals surface area contributed by atoms with Crippen LogP contribution in [0.5, 0.6) is 0 Å². The van der Waals surface area contributed by atoms with Crippen LogP contribution in [0.3, 0.4) is 0 Å². The summed E-state index contributed by atoms with van der Waals surface area (Å²) in [5.41, 5.74) is 0.680. The summed E-state index contributed by atoms with van der Waals surface area (Å²) in [6.07, 6.45) is 4.09. The Morgan fingerprint density at radius 3 is 2.14 bits per heavy atom. The van der Waals surface area contributed by atoms with Crippen LogP contribution in [-0.2, 0) is 36.1 Å². The zero-order valence-corrected chi connectivity index (χ0v) is 22.1. The quantitative estimate of drug-likeness (QED) is 0.511. The molecule has 1 saturated carbocycles. The van der Waals surface area contributed by atoms with Crippen molar-refractivity contribution in [2.24, 2.45) is 0 Å². The van der Waals surface area contributed by atoms with Gasteiger partial charge in [0, 0.05) is 25.7 Å². The molecular weight excluding hydrogens is 521 g/mol. The molecule has 37 heavy (non-hydrogen) atoms.